The van der Waals surface area contributed by atoms with E-state index in [2.05, 4.69) is 24.9 Å². The molecule has 2 rings (SSSR count). The molecule has 9 nitrogen and oxygen atoms in total. The fourth-order valence-corrected chi connectivity index (χ4v) is 2.57. The Morgan fingerprint density at radius 1 is 1.45 bits per heavy atom. The van der Waals surface area contributed by atoms with Gasteiger partial charge in [-0.05, 0) is 6.92 Å². The molecule has 0 spiro atoms. The maximum absolute atomic E-state index is 12.1. The SMILES string of the molecule is COc1cc(C)nc(NS(=O)(=O)c2[nH]ncc2CO)n1. The summed E-state index contributed by atoms with van der Waals surface area (Å²) in [6.45, 7) is 1.22. The van der Waals surface area contributed by atoms with Crippen LogP contribution in [0.2, 0.25) is 0 Å². The van der Waals surface area contributed by atoms with Crippen LogP contribution in [0.25, 0.3) is 0 Å². The Balaban J connectivity index is 2.36. The monoisotopic (exact) mass is 299 g/mol. The number of hydrogen-bond acceptors (Lipinski definition) is 7. The van der Waals surface area contributed by atoms with Crippen molar-refractivity contribution in [1.82, 2.24) is 20.2 Å². The van der Waals surface area contributed by atoms with Crippen LogP contribution >= 0.6 is 0 Å². The first-order chi connectivity index (χ1) is 9.46. The van der Waals surface area contributed by atoms with Crippen LogP contribution in [0.15, 0.2) is 17.3 Å². The summed E-state index contributed by atoms with van der Waals surface area (Å²) in [4.78, 5) is 7.84. The standard InChI is InChI=1S/C10H13N5O4S/c1-6-3-8(19-2)13-10(12-6)15-20(17,18)9-7(5-16)4-11-14-9/h3-4,16H,5H2,1-2H3,(H,11,14)(H,12,13,15). The van der Waals surface area contributed by atoms with E-state index in [0.29, 0.717) is 5.69 Å². The molecule has 0 saturated heterocycles. The molecule has 108 valence electrons. The number of aromatic amines is 1. The lowest BCUT2D eigenvalue weighted by Gasteiger charge is -2.08. The number of sulfonamides is 1. The number of aliphatic hydroxyl groups is 1. The van der Waals surface area contributed by atoms with Gasteiger partial charge in [-0.25, -0.2) is 9.71 Å². The minimum absolute atomic E-state index is 0.125. The van der Waals surface area contributed by atoms with E-state index < -0.39 is 16.6 Å². The second kappa shape index (κ2) is 5.43. The van der Waals surface area contributed by atoms with Crippen molar-refractivity contribution in [3.05, 3.63) is 23.5 Å². The summed E-state index contributed by atoms with van der Waals surface area (Å²) in [5.41, 5.74) is 0.693. The van der Waals surface area contributed by atoms with E-state index in [1.165, 1.54) is 13.3 Å². The largest absolute Gasteiger partial charge is 0.481 e. The number of H-pyrrole nitrogens is 1. The predicted octanol–water partition coefficient (Wildman–Crippen LogP) is -0.190. The zero-order valence-corrected chi connectivity index (χ0v) is 11.6. The van der Waals surface area contributed by atoms with Crippen LogP contribution in [0.1, 0.15) is 11.3 Å². The molecule has 0 atom stereocenters. The molecule has 0 amide bonds. The van der Waals surface area contributed by atoms with E-state index in [4.69, 9.17) is 9.84 Å². The fraction of sp³-hybridized carbons (Fsp3) is 0.300. The quantitative estimate of drug-likeness (QED) is 0.697. The van der Waals surface area contributed by atoms with Gasteiger partial charge in [0.2, 0.25) is 11.8 Å². The van der Waals surface area contributed by atoms with Gasteiger partial charge in [-0.1, -0.05) is 0 Å². The minimum atomic E-state index is -3.96. The summed E-state index contributed by atoms with van der Waals surface area (Å²) in [5.74, 6) is 0.113. The normalized spacial score (nSPS) is 11.3. The number of rotatable bonds is 5. The molecule has 2 aromatic rings. The molecule has 3 N–H and O–H groups in total. The second-order valence-corrected chi connectivity index (χ2v) is 5.48. The van der Waals surface area contributed by atoms with Gasteiger partial charge in [0.15, 0.2) is 5.03 Å². The number of aliphatic hydroxyl groups excluding tert-OH is 1. The Kier molecular flexibility index (Phi) is 3.86. The molecule has 2 aromatic heterocycles. The molecule has 0 radical (unpaired) electrons. The summed E-state index contributed by atoms with van der Waals surface area (Å²) in [6, 6.07) is 1.56. The highest BCUT2D eigenvalue weighted by Gasteiger charge is 2.22. The first kappa shape index (κ1) is 14.2. The lowest BCUT2D eigenvalue weighted by atomic mass is 10.4. The van der Waals surface area contributed by atoms with Crippen molar-refractivity contribution in [3.8, 4) is 5.88 Å². The zero-order chi connectivity index (χ0) is 14.8. The molecule has 2 heterocycles. The maximum atomic E-state index is 12.1. The van der Waals surface area contributed by atoms with E-state index >= 15 is 0 Å². The summed E-state index contributed by atoms with van der Waals surface area (Å²) >= 11 is 0. The number of ether oxygens (including phenoxy) is 1. The van der Waals surface area contributed by atoms with Gasteiger partial charge in [0.05, 0.1) is 19.9 Å². The third-order valence-electron chi connectivity index (χ3n) is 2.38. The van der Waals surface area contributed by atoms with Crippen LogP contribution in [0.3, 0.4) is 0 Å². The minimum Gasteiger partial charge on any atom is -0.481 e. The smallest absolute Gasteiger partial charge is 0.281 e. The molecule has 0 saturated carbocycles. The van der Waals surface area contributed by atoms with Crippen molar-refractivity contribution < 1.29 is 18.3 Å². The molecule has 0 fully saturated rings. The number of nitrogens with one attached hydrogen (secondary N) is 2. The van der Waals surface area contributed by atoms with Crippen LogP contribution in [-0.4, -0.2) is 40.8 Å². The van der Waals surface area contributed by atoms with Crippen LogP contribution in [0.5, 0.6) is 5.88 Å². The number of methoxy groups -OCH3 is 1. The van der Waals surface area contributed by atoms with Gasteiger partial charge < -0.3 is 9.84 Å². The van der Waals surface area contributed by atoms with Crippen molar-refractivity contribution in [2.24, 2.45) is 0 Å². The second-order valence-electron chi connectivity index (χ2n) is 3.86. The number of nitrogens with zero attached hydrogens (tertiary/aromatic N) is 3. The fourth-order valence-electron chi connectivity index (χ4n) is 1.51. The van der Waals surface area contributed by atoms with E-state index in [1.807, 2.05) is 0 Å². The van der Waals surface area contributed by atoms with E-state index in [9.17, 15) is 8.42 Å². The molecule has 0 aliphatic carbocycles. The van der Waals surface area contributed by atoms with E-state index in [-0.39, 0.29) is 22.4 Å². The maximum Gasteiger partial charge on any atom is 0.281 e. The van der Waals surface area contributed by atoms with Gasteiger partial charge in [0, 0.05) is 17.3 Å². The molecule has 0 bridgehead atoms. The van der Waals surface area contributed by atoms with Crippen LogP contribution in [-0.2, 0) is 16.6 Å². The Morgan fingerprint density at radius 2 is 2.20 bits per heavy atom. The van der Waals surface area contributed by atoms with E-state index in [1.54, 1.807) is 13.0 Å². The topological polar surface area (TPSA) is 130 Å². The van der Waals surface area contributed by atoms with Crippen LogP contribution < -0.4 is 9.46 Å². The molecule has 0 aliphatic rings. The first-order valence-electron chi connectivity index (χ1n) is 5.52. The number of hydrogen-bond donors (Lipinski definition) is 3. The lowest BCUT2D eigenvalue weighted by Crippen LogP contribution is -2.17. The van der Waals surface area contributed by atoms with Crippen molar-refractivity contribution >= 4 is 16.0 Å². The van der Waals surface area contributed by atoms with Gasteiger partial charge in [0.25, 0.3) is 10.0 Å². The Hall–Kier alpha value is -2.20. The summed E-state index contributed by atoms with van der Waals surface area (Å²) in [5, 5.41) is 14.7. The number of aryl methyl sites for hydroxylation is 1. The molecule has 20 heavy (non-hydrogen) atoms. The van der Waals surface area contributed by atoms with Crippen LogP contribution in [0, 0.1) is 6.92 Å². The molecule has 0 aromatic carbocycles. The third-order valence-corrected chi connectivity index (χ3v) is 3.72. The molecule has 0 aliphatic heterocycles. The van der Waals surface area contributed by atoms with Gasteiger partial charge in [-0.3, -0.25) is 5.10 Å². The Labute approximate surface area is 115 Å². The lowest BCUT2D eigenvalue weighted by molar-refractivity contribution is 0.278. The highest BCUT2D eigenvalue weighted by molar-refractivity contribution is 7.92. The third kappa shape index (κ3) is 2.86. The average molecular weight is 299 g/mol. The van der Waals surface area contributed by atoms with Gasteiger partial charge >= 0.3 is 0 Å². The molecular weight excluding hydrogens is 286 g/mol. The summed E-state index contributed by atoms with van der Waals surface area (Å²) < 4.78 is 31.4. The Bertz CT molecular complexity index is 712. The summed E-state index contributed by atoms with van der Waals surface area (Å²) in [7, 11) is -2.55. The average Bonchev–Trinajstić information content (AvgIpc) is 2.86. The molecule has 10 heteroatoms. The first-order valence-corrected chi connectivity index (χ1v) is 7.00. The van der Waals surface area contributed by atoms with Crippen molar-refractivity contribution in [2.45, 2.75) is 18.6 Å². The number of anilines is 1. The van der Waals surface area contributed by atoms with Crippen molar-refractivity contribution in [1.29, 1.82) is 0 Å². The molecule has 0 unspecified atom stereocenters. The highest BCUT2D eigenvalue weighted by Crippen LogP contribution is 2.17. The van der Waals surface area contributed by atoms with Gasteiger partial charge in [-0.2, -0.15) is 18.5 Å². The number of aromatic nitrogens is 4. The predicted molar refractivity (Wildman–Crippen MR) is 68.6 cm³/mol. The Morgan fingerprint density at radius 3 is 2.85 bits per heavy atom. The van der Waals surface area contributed by atoms with Gasteiger partial charge in [-0.15, -0.1) is 0 Å². The summed E-state index contributed by atoms with van der Waals surface area (Å²) in [6.07, 6.45) is 1.23. The van der Waals surface area contributed by atoms with Gasteiger partial charge in [0.1, 0.15) is 0 Å². The zero-order valence-electron chi connectivity index (χ0n) is 10.8. The van der Waals surface area contributed by atoms with E-state index in [0.717, 1.165) is 0 Å². The van der Waals surface area contributed by atoms with Crippen molar-refractivity contribution in [2.75, 3.05) is 11.8 Å². The van der Waals surface area contributed by atoms with Crippen LogP contribution in [0.4, 0.5) is 5.95 Å². The highest BCUT2D eigenvalue weighted by atomic mass is 32.2. The van der Waals surface area contributed by atoms with Crippen molar-refractivity contribution in [3.63, 3.8) is 0 Å². The molecular formula is C10H13N5O4S.